The molecule has 0 amide bonds. The second-order valence-electron chi connectivity index (χ2n) is 5.12. The van der Waals surface area contributed by atoms with Crippen molar-refractivity contribution in [1.82, 2.24) is 4.98 Å². The minimum atomic E-state index is 0.696. The number of aldehydes is 1. The van der Waals surface area contributed by atoms with Gasteiger partial charge in [0.05, 0.1) is 5.52 Å². The third-order valence-electron chi connectivity index (χ3n) is 3.50. The lowest BCUT2D eigenvalue weighted by molar-refractivity contribution is 0.112. The predicted molar refractivity (Wildman–Crippen MR) is 86.1 cm³/mol. The molecule has 0 aliphatic rings. The average molecular weight is 296 g/mol. The van der Waals surface area contributed by atoms with Crippen LogP contribution in [0.25, 0.3) is 10.9 Å². The standard InChI is InChI=1S/C18H14ClNO/c1-12-8-15(9-13-2-4-14(11-21)5-3-13)17-7-6-16(19)10-18(17)20-12/h2-8,10-11H,9H2,1H3. The molecule has 0 fully saturated rings. The number of halogens is 1. The van der Waals surface area contributed by atoms with Crippen LogP contribution in [0.1, 0.15) is 27.2 Å². The summed E-state index contributed by atoms with van der Waals surface area (Å²) in [5, 5.41) is 1.81. The third kappa shape index (κ3) is 2.96. The summed E-state index contributed by atoms with van der Waals surface area (Å²) in [6.07, 6.45) is 1.67. The Morgan fingerprint density at radius 2 is 1.86 bits per heavy atom. The SMILES string of the molecule is Cc1cc(Cc2ccc(C=O)cc2)c2ccc(Cl)cc2n1. The van der Waals surface area contributed by atoms with E-state index in [0.29, 0.717) is 10.6 Å². The Morgan fingerprint density at radius 1 is 1.10 bits per heavy atom. The van der Waals surface area contributed by atoms with Crippen molar-refractivity contribution >= 4 is 28.8 Å². The molecule has 2 nitrogen and oxygen atoms in total. The van der Waals surface area contributed by atoms with E-state index in [4.69, 9.17) is 11.6 Å². The summed E-state index contributed by atoms with van der Waals surface area (Å²) < 4.78 is 0. The highest BCUT2D eigenvalue weighted by atomic mass is 35.5. The number of hydrogen-bond donors (Lipinski definition) is 0. The molecular weight excluding hydrogens is 282 g/mol. The van der Waals surface area contributed by atoms with E-state index in [0.717, 1.165) is 29.3 Å². The molecule has 3 rings (SSSR count). The monoisotopic (exact) mass is 295 g/mol. The summed E-state index contributed by atoms with van der Waals surface area (Å²) in [7, 11) is 0. The van der Waals surface area contributed by atoms with Crippen LogP contribution in [-0.4, -0.2) is 11.3 Å². The molecule has 0 aliphatic heterocycles. The van der Waals surface area contributed by atoms with Crippen molar-refractivity contribution in [3.05, 3.63) is 75.9 Å². The van der Waals surface area contributed by atoms with Gasteiger partial charge >= 0.3 is 0 Å². The lowest BCUT2D eigenvalue weighted by Crippen LogP contribution is -1.94. The summed E-state index contributed by atoms with van der Waals surface area (Å²) >= 11 is 6.04. The van der Waals surface area contributed by atoms with Crippen LogP contribution in [0.2, 0.25) is 5.02 Å². The summed E-state index contributed by atoms with van der Waals surface area (Å²) in [5.74, 6) is 0. The zero-order valence-electron chi connectivity index (χ0n) is 11.6. The van der Waals surface area contributed by atoms with Gasteiger partial charge in [0, 0.05) is 21.7 Å². The molecule has 1 heterocycles. The number of benzene rings is 2. The van der Waals surface area contributed by atoms with Crippen LogP contribution in [-0.2, 0) is 6.42 Å². The maximum absolute atomic E-state index is 10.7. The lowest BCUT2D eigenvalue weighted by Gasteiger charge is -2.09. The minimum absolute atomic E-state index is 0.696. The molecule has 0 N–H and O–H groups in total. The van der Waals surface area contributed by atoms with E-state index < -0.39 is 0 Å². The second-order valence-corrected chi connectivity index (χ2v) is 5.56. The molecule has 104 valence electrons. The number of carbonyl (C=O) groups excluding carboxylic acids is 1. The predicted octanol–water partition coefficient (Wildman–Crippen LogP) is 4.60. The van der Waals surface area contributed by atoms with Crippen LogP contribution < -0.4 is 0 Å². The summed E-state index contributed by atoms with van der Waals surface area (Å²) in [6, 6.07) is 15.6. The van der Waals surface area contributed by atoms with Crippen molar-refractivity contribution in [2.75, 3.05) is 0 Å². The molecule has 0 saturated heterocycles. The summed E-state index contributed by atoms with van der Waals surface area (Å²) in [6.45, 7) is 1.99. The first-order valence-corrected chi connectivity index (χ1v) is 7.13. The van der Waals surface area contributed by atoms with Gasteiger partial charge in [-0.15, -0.1) is 0 Å². The number of carbonyl (C=O) groups is 1. The summed E-state index contributed by atoms with van der Waals surface area (Å²) in [4.78, 5) is 15.2. The zero-order chi connectivity index (χ0) is 14.8. The molecule has 0 atom stereocenters. The van der Waals surface area contributed by atoms with E-state index in [9.17, 15) is 4.79 Å². The van der Waals surface area contributed by atoms with E-state index in [2.05, 4.69) is 11.1 Å². The Labute approximate surface area is 128 Å². The van der Waals surface area contributed by atoms with Crippen LogP contribution in [0.5, 0.6) is 0 Å². The highest BCUT2D eigenvalue weighted by Gasteiger charge is 2.06. The molecule has 0 spiro atoms. The minimum Gasteiger partial charge on any atom is -0.298 e. The van der Waals surface area contributed by atoms with Crippen LogP contribution >= 0.6 is 11.6 Å². The molecule has 3 aromatic rings. The largest absolute Gasteiger partial charge is 0.298 e. The Morgan fingerprint density at radius 3 is 2.57 bits per heavy atom. The zero-order valence-corrected chi connectivity index (χ0v) is 12.4. The first-order valence-electron chi connectivity index (χ1n) is 6.75. The number of fused-ring (bicyclic) bond motifs is 1. The number of nitrogens with zero attached hydrogens (tertiary/aromatic N) is 1. The lowest BCUT2D eigenvalue weighted by atomic mass is 9.99. The second kappa shape index (κ2) is 5.66. The normalized spacial score (nSPS) is 10.8. The molecule has 3 heteroatoms. The fourth-order valence-corrected chi connectivity index (χ4v) is 2.67. The van der Waals surface area contributed by atoms with E-state index in [1.165, 1.54) is 11.1 Å². The van der Waals surface area contributed by atoms with Gasteiger partial charge in [-0.25, -0.2) is 0 Å². The molecule has 0 saturated carbocycles. The highest BCUT2D eigenvalue weighted by Crippen LogP contribution is 2.24. The fraction of sp³-hybridized carbons (Fsp3) is 0.111. The van der Waals surface area contributed by atoms with Gasteiger partial charge in [0.2, 0.25) is 0 Å². The number of pyridine rings is 1. The smallest absolute Gasteiger partial charge is 0.150 e. The summed E-state index contributed by atoms with van der Waals surface area (Å²) in [5.41, 5.74) is 4.98. The van der Waals surface area contributed by atoms with Crippen molar-refractivity contribution in [3.63, 3.8) is 0 Å². The van der Waals surface area contributed by atoms with Crippen molar-refractivity contribution in [2.24, 2.45) is 0 Å². The number of aryl methyl sites for hydroxylation is 1. The molecule has 0 bridgehead atoms. The first kappa shape index (κ1) is 13.8. The van der Waals surface area contributed by atoms with E-state index >= 15 is 0 Å². The number of aromatic nitrogens is 1. The van der Waals surface area contributed by atoms with Gasteiger partial charge < -0.3 is 0 Å². The maximum Gasteiger partial charge on any atom is 0.150 e. The van der Waals surface area contributed by atoms with Crippen molar-refractivity contribution in [2.45, 2.75) is 13.3 Å². The molecule has 21 heavy (non-hydrogen) atoms. The van der Waals surface area contributed by atoms with Crippen LogP contribution in [0.15, 0.2) is 48.5 Å². The van der Waals surface area contributed by atoms with Crippen LogP contribution in [0, 0.1) is 6.92 Å². The van der Waals surface area contributed by atoms with E-state index in [1.807, 2.05) is 49.4 Å². The van der Waals surface area contributed by atoms with Gasteiger partial charge in [0.25, 0.3) is 0 Å². The van der Waals surface area contributed by atoms with E-state index in [1.54, 1.807) is 0 Å². The van der Waals surface area contributed by atoms with Crippen LogP contribution in [0.3, 0.4) is 0 Å². The molecule has 0 aliphatic carbocycles. The Balaban J connectivity index is 2.04. The molecule has 0 radical (unpaired) electrons. The van der Waals surface area contributed by atoms with Gasteiger partial charge in [-0.05, 0) is 42.7 Å². The number of rotatable bonds is 3. The van der Waals surface area contributed by atoms with Crippen LogP contribution in [0.4, 0.5) is 0 Å². The molecule has 1 aromatic heterocycles. The average Bonchev–Trinajstić information content (AvgIpc) is 2.47. The Bertz CT molecular complexity index is 804. The van der Waals surface area contributed by atoms with Gasteiger partial charge in [0.15, 0.2) is 0 Å². The Kier molecular flexibility index (Phi) is 3.72. The van der Waals surface area contributed by atoms with Gasteiger partial charge in [-0.2, -0.15) is 0 Å². The van der Waals surface area contributed by atoms with Crippen molar-refractivity contribution in [1.29, 1.82) is 0 Å². The topological polar surface area (TPSA) is 30.0 Å². The molecule has 0 unspecified atom stereocenters. The quantitative estimate of drug-likeness (QED) is 0.661. The number of hydrogen-bond acceptors (Lipinski definition) is 2. The maximum atomic E-state index is 10.7. The van der Waals surface area contributed by atoms with Gasteiger partial charge in [-0.1, -0.05) is 41.9 Å². The van der Waals surface area contributed by atoms with Gasteiger partial charge in [0.1, 0.15) is 6.29 Å². The van der Waals surface area contributed by atoms with E-state index in [-0.39, 0.29) is 0 Å². The highest BCUT2D eigenvalue weighted by molar-refractivity contribution is 6.31. The third-order valence-corrected chi connectivity index (χ3v) is 3.73. The van der Waals surface area contributed by atoms with Crippen molar-refractivity contribution < 1.29 is 4.79 Å². The molecule has 2 aromatic carbocycles. The molecular formula is C18H14ClNO. The Hall–Kier alpha value is -2.19. The van der Waals surface area contributed by atoms with Crippen molar-refractivity contribution in [3.8, 4) is 0 Å². The first-order chi connectivity index (χ1) is 10.2. The fourth-order valence-electron chi connectivity index (χ4n) is 2.50. The van der Waals surface area contributed by atoms with Gasteiger partial charge in [-0.3, -0.25) is 9.78 Å².